The van der Waals surface area contributed by atoms with Crippen molar-refractivity contribution in [3.8, 4) is 5.75 Å². The number of ether oxygens (including phenoxy) is 2. The Morgan fingerprint density at radius 3 is 2.35 bits per heavy atom. The first-order valence-corrected chi connectivity index (χ1v) is 9.25. The van der Waals surface area contributed by atoms with Gasteiger partial charge in [0, 0.05) is 18.5 Å². The molecule has 144 valence electrons. The Morgan fingerprint density at radius 2 is 1.69 bits per heavy atom. The maximum atomic E-state index is 12.1. The predicted molar refractivity (Wildman–Crippen MR) is 99.3 cm³/mol. The number of rotatable bonds is 13. The lowest BCUT2D eigenvalue weighted by molar-refractivity contribution is -0.148. The van der Waals surface area contributed by atoms with Crippen LogP contribution in [0.3, 0.4) is 0 Å². The summed E-state index contributed by atoms with van der Waals surface area (Å²) in [7, 11) is 0. The van der Waals surface area contributed by atoms with Gasteiger partial charge in [-0.15, -0.1) is 0 Å². The Morgan fingerprint density at radius 1 is 0.962 bits per heavy atom. The summed E-state index contributed by atoms with van der Waals surface area (Å²) >= 11 is 0. The van der Waals surface area contributed by atoms with E-state index >= 15 is 0 Å². The first kappa shape index (κ1) is 21.7. The van der Waals surface area contributed by atoms with Crippen molar-refractivity contribution in [2.75, 3.05) is 19.8 Å². The average molecular weight is 363 g/mol. The van der Waals surface area contributed by atoms with E-state index in [0.717, 1.165) is 31.4 Å². The Labute approximate surface area is 155 Å². The predicted octanol–water partition coefficient (Wildman–Crippen LogP) is 3.29. The smallest absolute Gasteiger partial charge is 0.306 e. The van der Waals surface area contributed by atoms with Crippen LogP contribution in [0, 0.1) is 0 Å². The fraction of sp³-hybridized carbons (Fsp3) is 0.550. The largest absolute Gasteiger partial charge is 0.494 e. The third kappa shape index (κ3) is 9.20. The summed E-state index contributed by atoms with van der Waals surface area (Å²) in [6, 6.07) is 6.91. The molecule has 26 heavy (non-hydrogen) atoms. The van der Waals surface area contributed by atoms with Gasteiger partial charge >= 0.3 is 5.97 Å². The number of carbonyl (C=O) groups excluding carboxylic acids is 3. The minimum absolute atomic E-state index is 0.0465. The monoisotopic (exact) mass is 363 g/mol. The SMILES string of the molecule is CCCCCOc1ccc(C(=O)CCC(=O)OCC(=O)NCCC)cc1. The van der Waals surface area contributed by atoms with E-state index in [-0.39, 0.29) is 31.1 Å². The molecular formula is C20H29NO5. The van der Waals surface area contributed by atoms with Crippen LogP contribution in [-0.2, 0) is 14.3 Å². The fourth-order valence-electron chi connectivity index (χ4n) is 2.17. The zero-order valence-electron chi connectivity index (χ0n) is 15.7. The molecule has 0 bridgehead atoms. The van der Waals surface area contributed by atoms with Gasteiger partial charge in [0.1, 0.15) is 5.75 Å². The van der Waals surface area contributed by atoms with Gasteiger partial charge < -0.3 is 14.8 Å². The number of ketones is 1. The number of amides is 1. The molecule has 0 saturated heterocycles. The molecule has 0 atom stereocenters. The van der Waals surface area contributed by atoms with Crippen LogP contribution in [0.25, 0.3) is 0 Å². The number of nitrogens with one attached hydrogen (secondary N) is 1. The van der Waals surface area contributed by atoms with Crippen molar-refractivity contribution in [2.24, 2.45) is 0 Å². The van der Waals surface area contributed by atoms with Gasteiger partial charge in [0.2, 0.25) is 0 Å². The third-order valence-corrected chi connectivity index (χ3v) is 3.69. The van der Waals surface area contributed by atoms with Gasteiger partial charge in [0.05, 0.1) is 13.0 Å². The molecule has 1 amide bonds. The zero-order valence-corrected chi connectivity index (χ0v) is 15.7. The van der Waals surface area contributed by atoms with E-state index in [1.165, 1.54) is 0 Å². The van der Waals surface area contributed by atoms with Gasteiger partial charge in [-0.1, -0.05) is 26.7 Å². The average Bonchev–Trinajstić information content (AvgIpc) is 2.66. The highest BCUT2D eigenvalue weighted by molar-refractivity contribution is 5.97. The van der Waals surface area contributed by atoms with E-state index < -0.39 is 5.97 Å². The molecule has 0 radical (unpaired) electrons. The van der Waals surface area contributed by atoms with Crippen LogP contribution >= 0.6 is 0 Å². The third-order valence-electron chi connectivity index (χ3n) is 3.69. The zero-order chi connectivity index (χ0) is 19.2. The topological polar surface area (TPSA) is 81.7 Å². The lowest BCUT2D eigenvalue weighted by Gasteiger charge is -2.07. The minimum atomic E-state index is -0.555. The number of Topliss-reactive ketones (excluding diaryl/α,β-unsaturated/α-hetero) is 1. The standard InChI is InChI=1S/C20H29NO5/c1-3-5-6-14-25-17-9-7-16(8-10-17)18(22)11-12-20(24)26-15-19(23)21-13-4-2/h7-10H,3-6,11-15H2,1-2H3,(H,21,23). The molecule has 0 aliphatic carbocycles. The van der Waals surface area contributed by atoms with Crippen LogP contribution in [0.5, 0.6) is 5.75 Å². The van der Waals surface area contributed by atoms with Gasteiger partial charge in [-0.3, -0.25) is 14.4 Å². The molecule has 0 unspecified atom stereocenters. The summed E-state index contributed by atoms with van der Waals surface area (Å²) < 4.78 is 10.4. The number of hydrogen-bond acceptors (Lipinski definition) is 5. The highest BCUT2D eigenvalue weighted by Crippen LogP contribution is 2.15. The van der Waals surface area contributed by atoms with E-state index in [9.17, 15) is 14.4 Å². The maximum Gasteiger partial charge on any atom is 0.306 e. The molecule has 0 fully saturated rings. The van der Waals surface area contributed by atoms with E-state index in [1.807, 2.05) is 6.92 Å². The van der Waals surface area contributed by atoms with Crippen molar-refractivity contribution in [3.63, 3.8) is 0 Å². The van der Waals surface area contributed by atoms with Crippen LogP contribution in [0.2, 0.25) is 0 Å². The summed E-state index contributed by atoms with van der Waals surface area (Å²) in [5.74, 6) is -0.299. The fourth-order valence-corrected chi connectivity index (χ4v) is 2.17. The molecule has 1 N–H and O–H groups in total. The molecule has 0 aliphatic heterocycles. The quantitative estimate of drug-likeness (QED) is 0.330. The molecule has 0 saturated carbocycles. The summed E-state index contributed by atoms with van der Waals surface area (Å²) in [6.07, 6.45) is 4.10. The highest BCUT2D eigenvalue weighted by Gasteiger charge is 2.12. The molecule has 1 aromatic carbocycles. The lowest BCUT2D eigenvalue weighted by atomic mass is 10.1. The molecule has 1 aromatic rings. The number of benzene rings is 1. The summed E-state index contributed by atoms with van der Waals surface area (Å²) in [4.78, 5) is 35.1. The van der Waals surface area contributed by atoms with Crippen molar-refractivity contribution in [2.45, 2.75) is 52.4 Å². The lowest BCUT2D eigenvalue weighted by Crippen LogP contribution is -2.29. The molecule has 6 nitrogen and oxygen atoms in total. The Bertz CT molecular complexity index is 568. The second-order valence-corrected chi connectivity index (χ2v) is 6.01. The van der Waals surface area contributed by atoms with Crippen LogP contribution in [0.4, 0.5) is 0 Å². The Balaban J connectivity index is 2.29. The number of esters is 1. The van der Waals surface area contributed by atoms with Gasteiger partial charge in [0.15, 0.2) is 12.4 Å². The summed E-state index contributed by atoms with van der Waals surface area (Å²) in [5, 5.41) is 2.61. The second-order valence-electron chi connectivity index (χ2n) is 6.01. The minimum Gasteiger partial charge on any atom is -0.494 e. The van der Waals surface area contributed by atoms with Crippen molar-refractivity contribution < 1.29 is 23.9 Å². The van der Waals surface area contributed by atoms with Crippen LogP contribution in [-0.4, -0.2) is 37.4 Å². The van der Waals surface area contributed by atoms with Crippen LogP contribution in [0.15, 0.2) is 24.3 Å². The molecule has 6 heteroatoms. The molecule has 0 aromatic heterocycles. The van der Waals surface area contributed by atoms with E-state index in [2.05, 4.69) is 12.2 Å². The van der Waals surface area contributed by atoms with Crippen molar-refractivity contribution in [1.82, 2.24) is 5.32 Å². The summed E-state index contributed by atoms with van der Waals surface area (Å²) in [6.45, 7) is 4.98. The molecular weight excluding hydrogens is 334 g/mol. The number of unbranched alkanes of at least 4 members (excludes halogenated alkanes) is 2. The molecule has 1 rings (SSSR count). The van der Waals surface area contributed by atoms with Gasteiger partial charge in [-0.2, -0.15) is 0 Å². The van der Waals surface area contributed by atoms with Crippen molar-refractivity contribution >= 4 is 17.7 Å². The van der Waals surface area contributed by atoms with Crippen LogP contribution in [0.1, 0.15) is 62.7 Å². The Kier molecular flexibility index (Phi) is 10.8. The maximum absolute atomic E-state index is 12.1. The van der Waals surface area contributed by atoms with Gasteiger partial charge in [0.25, 0.3) is 5.91 Å². The Hall–Kier alpha value is -2.37. The first-order valence-electron chi connectivity index (χ1n) is 9.25. The number of carbonyl (C=O) groups is 3. The normalized spacial score (nSPS) is 10.2. The molecule has 0 aliphatic rings. The molecule has 0 spiro atoms. The van der Waals surface area contributed by atoms with E-state index in [1.54, 1.807) is 24.3 Å². The van der Waals surface area contributed by atoms with Crippen molar-refractivity contribution in [3.05, 3.63) is 29.8 Å². The number of hydrogen-bond donors (Lipinski definition) is 1. The highest BCUT2D eigenvalue weighted by atomic mass is 16.5. The van der Waals surface area contributed by atoms with Gasteiger partial charge in [-0.25, -0.2) is 0 Å². The van der Waals surface area contributed by atoms with E-state index in [0.29, 0.717) is 18.7 Å². The molecule has 0 heterocycles. The van der Waals surface area contributed by atoms with Crippen LogP contribution < -0.4 is 10.1 Å². The van der Waals surface area contributed by atoms with Gasteiger partial charge in [-0.05, 0) is 37.1 Å². The van der Waals surface area contributed by atoms with E-state index in [4.69, 9.17) is 9.47 Å². The first-order chi connectivity index (χ1) is 12.6. The van der Waals surface area contributed by atoms with Crippen molar-refractivity contribution in [1.29, 1.82) is 0 Å². The summed E-state index contributed by atoms with van der Waals surface area (Å²) in [5.41, 5.74) is 0.527. The second kappa shape index (κ2) is 12.9.